The van der Waals surface area contributed by atoms with Gasteiger partial charge in [-0.15, -0.1) is 11.8 Å². The highest BCUT2D eigenvalue weighted by Gasteiger charge is 2.24. The number of rotatable bonds is 5. The van der Waals surface area contributed by atoms with Gasteiger partial charge in [-0.3, -0.25) is 4.79 Å². The quantitative estimate of drug-likeness (QED) is 0.613. The van der Waals surface area contributed by atoms with Crippen LogP contribution in [-0.2, 0) is 15.2 Å². The summed E-state index contributed by atoms with van der Waals surface area (Å²) in [5.41, 5.74) is 0.0660. The molecule has 120 valence electrons. The molecule has 2 aromatic rings. The van der Waals surface area contributed by atoms with Gasteiger partial charge in [0.25, 0.3) is 0 Å². The minimum atomic E-state index is -0.822. The van der Waals surface area contributed by atoms with Crippen LogP contribution < -0.4 is 5.43 Å². The summed E-state index contributed by atoms with van der Waals surface area (Å²) in [7, 11) is 2.34. The number of esters is 2. The first-order valence-corrected chi connectivity index (χ1v) is 7.56. The Hall–Kier alpha value is -2.54. The number of carbonyl (C=O) groups excluding carboxylic acids is 2. The molecule has 0 amide bonds. The predicted molar refractivity (Wildman–Crippen MR) is 83.7 cm³/mol. The maximum Gasteiger partial charge on any atom is 0.375 e. The van der Waals surface area contributed by atoms with Crippen LogP contribution >= 0.6 is 11.8 Å². The van der Waals surface area contributed by atoms with Gasteiger partial charge >= 0.3 is 11.9 Å². The fraction of sp³-hybridized carbons (Fsp3) is 0.188. The van der Waals surface area contributed by atoms with Gasteiger partial charge in [0.1, 0.15) is 16.7 Å². The van der Waals surface area contributed by atoms with Crippen LogP contribution in [0.15, 0.2) is 50.7 Å². The lowest BCUT2D eigenvalue weighted by Gasteiger charge is -2.07. The first-order chi connectivity index (χ1) is 11.1. The molecule has 2 rings (SSSR count). The normalized spacial score (nSPS) is 10.2. The fourth-order valence-electron chi connectivity index (χ4n) is 1.80. The van der Waals surface area contributed by atoms with Gasteiger partial charge in [-0.05, 0) is 5.56 Å². The third kappa shape index (κ3) is 3.81. The molecule has 1 aromatic heterocycles. The first kappa shape index (κ1) is 16.8. The smallest absolute Gasteiger partial charge is 0.375 e. The van der Waals surface area contributed by atoms with Crippen molar-refractivity contribution in [3.63, 3.8) is 0 Å². The Morgan fingerprint density at radius 3 is 2.35 bits per heavy atom. The molecule has 0 bridgehead atoms. The summed E-state index contributed by atoms with van der Waals surface area (Å²) in [5.74, 6) is -1.41. The molecule has 6 nitrogen and oxygen atoms in total. The molecule has 23 heavy (non-hydrogen) atoms. The van der Waals surface area contributed by atoms with Gasteiger partial charge in [0, 0.05) is 5.75 Å². The van der Waals surface area contributed by atoms with Gasteiger partial charge in [-0.25, -0.2) is 9.59 Å². The molecular weight excluding hydrogens is 320 g/mol. The number of hydrogen-bond acceptors (Lipinski definition) is 7. The molecular formula is C16H14O6S. The van der Waals surface area contributed by atoms with Crippen molar-refractivity contribution in [2.45, 2.75) is 10.6 Å². The Bertz CT molecular complexity index is 766. The highest BCUT2D eigenvalue weighted by molar-refractivity contribution is 7.98. The van der Waals surface area contributed by atoms with Crippen LogP contribution in [0.4, 0.5) is 0 Å². The van der Waals surface area contributed by atoms with Crippen molar-refractivity contribution in [1.82, 2.24) is 0 Å². The zero-order valence-corrected chi connectivity index (χ0v) is 13.3. The highest BCUT2D eigenvalue weighted by atomic mass is 32.2. The van der Waals surface area contributed by atoms with Crippen molar-refractivity contribution in [2.24, 2.45) is 0 Å². The average molecular weight is 334 g/mol. The molecule has 0 saturated carbocycles. The standard InChI is InChI=1S/C16H14O6S/c1-20-15(18)11-8-22-13(16(19)21-2)14(12(11)17)23-9-10-6-4-3-5-7-10/h3-8H,9H2,1-2H3. The Balaban J connectivity index is 2.42. The summed E-state index contributed by atoms with van der Waals surface area (Å²) in [6, 6.07) is 9.38. The van der Waals surface area contributed by atoms with Gasteiger partial charge in [0.05, 0.1) is 14.2 Å². The largest absolute Gasteiger partial charge is 0.465 e. The monoisotopic (exact) mass is 334 g/mol. The van der Waals surface area contributed by atoms with Crippen LogP contribution in [0, 0.1) is 0 Å². The second-order valence-corrected chi connectivity index (χ2v) is 5.38. The molecule has 0 spiro atoms. The third-order valence-electron chi connectivity index (χ3n) is 2.95. The Morgan fingerprint density at radius 2 is 1.74 bits per heavy atom. The molecule has 7 heteroatoms. The van der Waals surface area contributed by atoms with Gasteiger partial charge in [0.2, 0.25) is 11.2 Å². The van der Waals surface area contributed by atoms with Crippen molar-refractivity contribution < 1.29 is 23.5 Å². The van der Waals surface area contributed by atoms with Crippen molar-refractivity contribution >= 4 is 23.7 Å². The molecule has 0 atom stereocenters. The molecule has 1 aromatic carbocycles. The van der Waals surface area contributed by atoms with Gasteiger partial charge in [-0.2, -0.15) is 0 Å². The Kier molecular flexibility index (Phi) is 5.59. The van der Waals surface area contributed by atoms with Crippen LogP contribution in [0.2, 0.25) is 0 Å². The number of methoxy groups -OCH3 is 2. The molecule has 0 radical (unpaired) electrons. The lowest BCUT2D eigenvalue weighted by Crippen LogP contribution is -2.20. The predicted octanol–water partition coefficient (Wildman–Crippen LogP) is 2.51. The molecule has 0 fully saturated rings. The molecule has 0 aliphatic rings. The number of thioether (sulfide) groups is 1. The SMILES string of the molecule is COC(=O)c1occ(C(=O)OC)c(=O)c1SCc1ccccc1. The van der Waals surface area contributed by atoms with Crippen LogP contribution in [0.25, 0.3) is 0 Å². The van der Waals surface area contributed by atoms with E-state index < -0.39 is 17.4 Å². The second kappa shape index (κ2) is 7.64. The van der Waals surface area contributed by atoms with Crippen LogP contribution in [0.3, 0.4) is 0 Å². The first-order valence-electron chi connectivity index (χ1n) is 6.57. The van der Waals surface area contributed by atoms with E-state index in [0.717, 1.165) is 30.7 Å². The Morgan fingerprint density at radius 1 is 1.09 bits per heavy atom. The molecule has 1 heterocycles. The molecule has 0 aliphatic heterocycles. The van der Waals surface area contributed by atoms with E-state index in [1.165, 1.54) is 7.11 Å². The highest BCUT2D eigenvalue weighted by Crippen LogP contribution is 2.24. The van der Waals surface area contributed by atoms with E-state index in [0.29, 0.717) is 5.75 Å². The summed E-state index contributed by atoms with van der Waals surface area (Å²) < 4.78 is 14.3. The zero-order valence-electron chi connectivity index (χ0n) is 12.5. The molecule has 0 N–H and O–H groups in total. The van der Waals surface area contributed by atoms with E-state index in [4.69, 9.17) is 4.42 Å². The van der Waals surface area contributed by atoms with Gasteiger partial charge in [0.15, 0.2) is 0 Å². The van der Waals surface area contributed by atoms with Crippen LogP contribution in [-0.4, -0.2) is 26.2 Å². The number of ether oxygens (including phenoxy) is 2. The summed E-state index contributed by atoms with van der Waals surface area (Å²) in [5, 5.41) is 0. The van der Waals surface area contributed by atoms with E-state index in [1.54, 1.807) is 0 Å². The fourth-order valence-corrected chi connectivity index (χ4v) is 2.80. The van der Waals surface area contributed by atoms with Crippen LogP contribution in [0.5, 0.6) is 0 Å². The maximum atomic E-state index is 12.4. The topological polar surface area (TPSA) is 82.8 Å². The lowest BCUT2D eigenvalue weighted by atomic mass is 10.2. The second-order valence-electron chi connectivity index (χ2n) is 4.39. The van der Waals surface area contributed by atoms with E-state index in [1.807, 2.05) is 30.3 Å². The number of hydrogen-bond donors (Lipinski definition) is 0. The third-order valence-corrected chi connectivity index (χ3v) is 4.09. The van der Waals surface area contributed by atoms with Crippen molar-refractivity contribution in [3.8, 4) is 0 Å². The maximum absolute atomic E-state index is 12.4. The average Bonchev–Trinajstić information content (AvgIpc) is 2.60. The Labute approximate surface area is 136 Å². The number of carbonyl (C=O) groups is 2. The summed E-state index contributed by atoms with van der Waals surface area (Å²) in [4.78, 5) is 35.8. The minimum Gasteiger partial charge on any atom is -0.465 e. The van der Waals surface area contributed by atoms with E-state index in [-0.39, 0.29) is 16.2 Å². The van der Waals surface area contributed by atoms with E-state index in [2.05, 4.69) is 9.47 Å². The van der Waals surface area contributed by atoms with E-state index >= 15 is 0 Å². The van der Waals surface area contributed by atoms with Gasteiger partial charge in [-0.1, -0.05) is 30.3 Å². The van der Waals surface area contributed by atoms with Crippen molar-refractivity contribution in [3.05, 3.63) is 63.7 Å². The summed E-state index contributed by atoms with van der Waals surface area (Å²) in [6.07, 6.45) is 0.910. The summed E-state index contributed by atoms with van der Waals surface area (Å²) in [6.45, 7) is 0. The van der Waals surface area contributed by atoms with Gasteiger partial charge < -0.3 is 13.9 Å². The van der Waals surface area contributed by atoms with E-state index in [9.17, 15) is 14.4 Å². The zero-order chi connectivity index (χ0) is 16.8. The lowest BCUT2D eigenvalue weighted by molar-refractivity contribution is 0.0542. The molecule has 0 unspecified atom stereocenters. The minimum absolute atomic E-state index is 0.0172. The van der Waals surface area contributed by atoms with Crippen molar-refractivity contribution in [1.29, 1.82) is 0 Å². The van der Waals surface area contributed by atoms with Crippen LogP contribution in [0.1, 0.15) is 26.5 Å². The number of benzene rings is 1. The summed E-state index contributed by atoms with van der Waals surface area (Å²) >= 11 is 1.10. The molecule has 0 saturated heterocycles. The molecule has 0 aliphatic carbocycles. The van der Waals surface area contributed by atoms with Crippen molar-refractivity contribution in [2.75, 3.05) is 14.2 Å².